The van der Waals surface area contributed by atoms with Crippen molar-refractivity contribution >= 4 is 5.57 Å². The quantitative estimate of drug-likeness (QED) is 0.582. The first kappa shape index (κ1) is 20.9. The first-order chi connectivity index (χ1) is 13.5. The molecule has 1 fully saturated rings. The van der Waals surface area contributed by atoms with Crippen LogP contribution in [-0.4, -0.2) is 13.6 Å². The summed E-state index contributed by atoms with van der Waals surface area (Å²) in [6.07, 6.45) is 15.9. The second-order valence-electron chi connectivity index (χ2n) is 8.79. The Balaban J connectivity index is 1.82. The third-order valence-electron chi connectivity index (χ3n) is 6.67. The average Bonchev–Trinajstić information content (AvgIpc) is 3.02. The molecule has 1 saturated carbocycles. The van der Waals surface area contributed by atoms with Gasteiger partial charge in [-0.2, -0.15) is 0 Å². The highest BCUT2D eigenvalue weighted by atomic mass is 14.8. The van der Waals surface area contributed by atoms with Gasteiger partial charge in [0.15, 0.2) is 0 Å². The molecule has 0 aromatic heterocycles. The number of fused-ring (bicyclic) bond motifs is 1. The number of hydrogen-bond acceptors (Lipinski definition) is 1. The third-order valence-corrected chi connectivity index (χ3v) is 6.67. The van der Waals surface area contributed by atoms with Crippen LogP contribution in [0.3, 0.4) is 0 Å². The molecule has 2 aliphatic carbocycles. The lowest BCUT2D eigenvalue weighted by molar-refractivity contribution is 0.508. The molecule has 0 amide bonds. The van der Waals surface area contributed by atoms with E-state index in [0.29, 0.717) is 11.8 Å². The number of aryl methyl sites for hydroxylation is 2. The summed E-state index contributed by atoms with van der Waals surface area (Å²) in [6, 6.07) is 4.51. The number of hydrogen-bond donors (Lipinski definition) is 1. The summed E-state index contributed by atoms with van der Waals surface area (Å²) in [5.74, 6) is 1.89. The van der Waals surface area contributed by atoms with E-state index in [0.717, 1.165) is 12.5 Å². The van der Waals surface area contributed by atoms with Gasteiger partial charge in [0.1, 0.15) is 0 Å². The van der Waals surface area contributed by atoms with Crippen LogP contribution in [0.15, 0.2) is 53.7 Å². The van der Waals surface area contributed by atoms with E-state index in [1.807, 2.05) is 7.05 Å². The number of benzene rings is 1. The van der Waals surface area contributed by atoms with Crippen LogP contribution in [0.5, 0.6) is 0 Å². The van der Waals surface area contributed by atoms with Crippen molar-refractivity contribution in [3.8, 4) is 0 Å². The number of nitrogens with one attached hydrogen (secondary N) is 1. The zero-order valence-corrected chi connectivity index (χ0v) is 18.6. The van der Waals surface area contributed by atoms with Crippen molar-refractivity contribution in [2.24, 2.45) is 17.8 Å². The van der Waals surface area contributed by atoms with Crippen LogP contribution in [0.25, 0.3) is 5.57 Å². The molecule has 1 heteroatoms. The van der Waals surface area contributed by atoms with E-state index in [2.05, 4.69) is 82.4 Å². The zero-order chi connectivity index (χ0) is 20.3. The second kappa shape index (κ2) is 9.09. The summed E-state index contributed by atoms with van der Waals surface area (Å²) in [4.78, 5) is 0. The Bertz CT molecular complexity index is 834. The average molecular weight is 376 g/mol. The molecule has 0 radical (unpaired) electrons. The minimum atomic E-state index is 0.556. The molecule has 28 heavy (non-hydrogen) atoms. The van der Waals surface area contributed by atoms with Crippen LogP contribution < -0.4 is 5.32 Å². The molecule has 2 unspecified atom stereocenters. The molecule has 0 aliphatic heterocycles. The fraction of sp³-hybridized carbons (Fsp3) is 0.481. The summed E-state index contributed by atoms with van der Waals surface area (Å²) in [5.41, 5.74) is 10.2. The van der Waals surface area contributed by atoms with Crippen LogP contribution >= 0.6 is 0 Å². The van der Waals surface area contributed by atoms with E-state index in [1.54, 1.807) is 11.1 Å². The van der Waals surface area contributed by atoms with Gasteiger partial charge in [-0.3, -0.25) is 0 Å². The van der Waals surface area contributed by atoms with E-state index in [1.165, 1.54) is 47.1 Å². The van der Waals surface area contributed by atoms with Gasteiger partial charge in [-0.05, 0) is 111 Å². The lowest BCUT2D eigenvalue weighted by Crippen LogP contribution is -2.15. The zero-order valence-electron chi connectivity index (χ0n) is 18.6. The molecule has 0 heterocycles. The molecular weight excluding hydrogens is 338 g/mol. The van der Waals surface area contributed by atoms with Crippen LogP contribution in [0.4, 0.5) is 0 Å². The van der Waals surface area contributed by atoms with Gasteiger partial charge in [0.05, 0.1) is 0 Å². The highest BCUT2D eigenvalue weighted by Gasteiger charge is 2.33. The van der Waals surface area contributed by atoms with Gasteiger partial charge >= 0.3 is 0 Å². The lowest BCUT2D eigenvalue weighted by Gasteiger charge is -2.22. The molecule has 1 N–H and O–H groups in total. The molecule has 1 aromatic carbocycles. The SMILES string of the molecule is CC=C1/C(=C\CC[C@@H](C)CNC)CC2C=C(c3c(C)ccc(C)c3C)C=CC12. The summed E-state index contributed by atoms with van der Waals surface area (Å²) >= 11 is 0. The van der Waals surface area contributed by atoms with Crippen molar-refractivity contribution in [2.75, 3.05) is 13.6 Å². The maximum atomic E-state index is 3.29. The van der Waals surface area contributed by atoms with E-state index in [9.17, 15) is 0 Å². The molecule has 3 atom stereocenters. The van der Waals surface area contributed by atoms with Gasteiger partial charge in [0.25, 0.3) is 0 Å². The normalized spacial score (nSPS) is 25.3. The van der Waals surface area contributed by atoms with Crippen molar-refractivity contribution in [2.45, 2.75) is 53.9 Å². The minimum Gasteiger partial charge on any atom is -0.319 e. The molecular formula is C27H37N. The van der Waals surface area contributed by atoms with Crippen molar-refractivity contribution in [1.29, 1.82) is 0 Å². The Morgan fingerprint density at radius 1 is 1.18 bits per heavy atom. The first-order valence-corrected chi connectivity index (χ1v) is 10.9. The molecule has 3 rings (SSSR count). The Morgan fingerprint density at radius 3 is 2.64 bits per heavy atom. The minimum absolute atomic E-state index is 0.556. The third kappa shape index (κ3) is 4.25. The standard InChI is InChI=1S/C27H37N/c1-7-25-22(10-8-9-18(2)17-28-6)15-24-16-23(13-14-26(24)25)27-20(4)12-11-19(3)21(27)5/h7,10-14,16,18,24,26,28H,8-9,15,17H2,1-6H3/b22-10-,25-7?/t18-,24?,26?/m1/s1. The Morgan fingerprint density at radius 2 is 1.93 bits per heavy atom. The van der Waals surface area contributed by atoms with Gasteiger partial charge in [-0.25, -0.2) is 0 Å². The Kier molecular flexibility index (Phi) is 6.78. The summed E-state index contributed by atoms with van der Waals surface area (Å²) in [7, 11) is 2.04. The van der Waals surface area contributed by atoms with Crippen LogP contribution in [0, 0.1) is 38.5 Å². The second-order valence-corrected chi connectivity index (χ2v) is 8.79. The molecule has 0 saturated heterocycles. The molecule has 2 aliphatic rings. The van der Waals surface area contributed by atoms with Crippen molar-refractivity contribution in [3.05, 3.63) is 75.9 Å². The predicted octanol–water partition coefficient (Wildman–Crippen LogP) is 6.71. The first-order valence-electron chi connectivity index (χ1n) is 10.9. The topological polar surface area (TPSA) is 12.0 Å². The van der Waals surface area contributed by atoms with Gasteiger partial charge in [0, 0.05) is 5.92 Å². The molecule has 150 valence electrons. The number of rotatable bonds is 6. The van der Waals surface area contributed by atoms with Crippen molar-refractivity contribution in [1.82, 2.24) is 5.32 Å². The number of allylic oxidation sites excluding steroid dienone is 8. The smallest absolute Gasteiger partial charge is 0.00870 e. The maximum absolute atomic E-state index is 3.29. The van der Waals surface area contributed by atoms with E-state index in [4.69, 9.17) is 0 Å². The van der Waals surface area contributed by atoms with E-state index in [-0.39, 0.29) is 0 Å². The highest BCUT2D eigenvalue weighted by Crippen LogP contribution is 2.46. The maximum Gasteiger partial charge on any atom is 0.00870 e. The Labute approximate surface area is 172 Å². The van der Waals surface area contributed by atoms with E-state index < -0.39 is 0 Å². The molecule has 0 spiro atoms. The van der Waals surface area contributed by atoms with Crippen LogP contribution in [0.2, 0.25) is 0 Å². The summed E-state index contributed by atoms with van der Waals surface area (Å²) < 4.78 is 0. The summed E-state index contributed by atoms with van der Waals surface area (Å²) in [5, 5.41) is 3.29. The predicted molar refractivity (Wildman–Crippen MR) is 124 cm³/mol. The fourth-order valence-corrected chi connectivity index (χ4v) is 4.98. The molecule has 1 nitrogen and oxygen atoms in total. The van der Waals surface area contributed by atoms with Gasteiger partial charge in [0.2, 0.25) is 0 Å². The van der Waals surface area contributed by atoms with Gasteiger partial charge < -0.3 is 5.32 Å². The Hall–Kier alpha value is -1.86. The fourth-order valence-electron chi connectivity index (χ4n) is 4.98. The molecule has 0 bridgehead atoms. The van der Waals surface area contributed by atoms with Gasteiger partial charge in [-0.15, -0.1) is 0 Å². The monoisotopic (exact) mass is 375 g/mol. The van der Waals surface area contributed by atoms with Crippen LogP contribution in [-0.2, 0) is 0 Å². The summed E-state index contributed by atoms with van der Waals surface area (Å²) in [6.45, 7) is 12.4. The van der Waals surface area contributed by atoms with Crippen molar-refractivity contribution in [3.63, 3.8) is 0 Å². The van der Waals surface area contributed by atoms with E-state index >= 15 is 0 Å². The van der Waals surface area contributed by atoms with Crippen molar-refractivity contribution < 1.29 is 0 Å². The molecule has 1 aromatic rings. The largest absolute Gasteiger partial charge is 0.319 e. The van der Waals surface area contributed by atoms with Gasteiger partial charge in [-0.1, -0.05) is 49.4 Å². The highest BCUT2D eigenvalue weighted by molar-refractivity contribution is 5.80. The van der Waals surface area contributed by atoms with Crippen LogP contribution in [0.1, 0.15) is 55.4 Å². The lowest BCUT2D eigenvalue weighted by atomic mass is 9.82.